The van der Waals surface area contributed by atoms with Crippen LogP contribution < -0.4 is 11.1 Å². The van der Waals surface area contributed by atoms with Crippen LogP contribution in [0.2, 0.25) is 5.02 Å². The van der Waals surface area contributed by atoms with Crippen LogP contribution >= 0.6 is 24.0 Å². The molecule has 0 atom stereocenters. The van der Waals surface area contributed by atoms with E-state index in [1.54, 1.807) is 28.9 Å². The van der Waals surface area contributed by atoms with Gasteiger partial charge in [0.25, 0.3) is 11.8 Å². The third kappa shape index (κ3) is 5.14. The first-order chi connectivity index (χ1) is 11.2. The quantitative estimate of drug-likeness (QED) is 0.790. The van der Waals surface area contributed by atoms with Crippen molar-refractivity contribution in [3.05, 3.63) is 46.7 Å². The first-order valence-corrected chi connectivity index (χ1v) is 7.83. The number of carbonyl (C=O) groups excluding carboxylic acids is 1. The molecule has 5 nitrogen and oxygen atoms in total. The molecule has 0 saturated carbocycles. The van der Waals surface area contributed by atoms with Gasteiger partial charge in [-0.1, -0.05) is 31.5 Å². The minimum absolute atomic E-state index is 0. The van der Waals surface area contributed by atoms with E-state index in [2.05, 4.69) is 10.4 Å². The summed E-state index contributed by atoms with van der Waals surface area (Å²) in [5.41, 5.74) is 6.53. The summed E-state index contributed by atoms with van der Waals surface area (Å²) in [6, 6.07) is 7.01. The van der Waals surface area contributed by atoms with E-state index in [-0.39, 0.29) is 23.9 Å². The van der Waals surface area contributed by atoms with E-state index in [0.29, 0.717) is 16.4 Å². The third-order valence-electron chi connectivity index (χ3n) is 3.46. The van der Waals surface area contributed by atoms with Gasteiger partial charge in [-0.15, -0.1) is 12.4 Å². The molecule has 0 aliphatic rings. The summed E-state index contributed by atoms with van der Waals surface area (Å²) >= 11 is 6.00. The van der Waals surface area contributed by atoms with Crippen molar-refractivity contribution in [2.75, 3.05) is 13.1 Å². The van der Waals surface area contributed by atoms with Crippen LogP contribution in [-0.4, -0.2) is 34.7 Å². The number of alkyl halides is 2. The Balaban J connectivity index is 0.00000312. The van der Waals surface area contributed by atoms with Crippen LogP contribution in [0.4, 0.5) is 8.78 Å². The van der Waals surface area contributed by atoms with Crippen molar-refractivity contribution in [2.45, 2.75) is 25.7 Å². The number of aromatic nitrogens is 2. The van der Waals surface area contributed by atoms with E-state index >= 15 is 0 Å². The van der Waals surface area contributed by atoms with Crippen LogP contribution in [0.25, 0.3) is 5.69 Å². The first kappa shape index (κ1) is 21.3. The van der Waals surface area contributed by atoms with Gasteiger partial charge in [-0.2, -0.15) is 5.10 Å². The summed E-state index contributed by atoms with van der Waals surface area (Å²) in [4.78, 5) is 12.3. The molecule has 2 aromatic rings. The Kier molecular flexibility index (Phi) is 7.34. The molecule has 0 radical (unpaired) electrons. The lowest BCUT2D eigenvalue weighted by atomic mass is 10.0. The molecular formula is C16H20Cl2F2N4O. The number of nitrogens with two attached hydrogens (primary N) is 1. The van der Waals surface area contributed by atoms with Crippen molar-refractivity contribution in [3.8, 4) is 5.69 Å². The monoisotopic (exact) mass is 392 g/mol. The molecular weight excluding hydrogens is 373 g/mol. The molecule has 0 bridgehead atoms. The second-order valence-corrected chi connectivity index (χ2v) is 6.17. The highest BCUT2D eigenvalue weighted by atomic mass is 35.5. The largest absolute Gasteiger partial charge is 0.346 e. The van der Waals surface area contributed by atoms with Gasteiger partial charge in [0.15, 0.2) is 0 Å². The number of nitrogens with one attached hydrogen (secondary N) is 1. The van der Waals surface area contributed by atoms with Gasteiger partial charge in [-0.05, 0) is 24.1 Å². The zero-order valence-electron chi connectivity index (χ0n) is 13.8. The minimum atomic E-state index is -3.14. The molecule has 2 rings (SSSR count). The maximum Gasteiger partial charge on any atom is 0.277 e. The molecule has 138 valence electrons. The fourth-order valence-corrected chi connectivity index (χ4v) is 2.46. The fraction of sp³-hybridized carbons (Fsp3) is 0.375. The number of hydrogen-bond acceptors (Lipinski definition) is 3. The number of nitrogens with zero attached hydrogens (tertiary/aromatic N) is 2. The zero-order valence-corrected chi connectivity index (χ0v) is 15.4. The summed E-state index contributed by atoms with van der Waals surface area (Å²) in [7, 11) is 0. The van der Waals surface area contributed by atoms with Gasteiger partial charge in [-0.25, -0.2) is 13.5 Å². The van der Waals surface area contributed by atoms with Gasteiger partial charge in [-0.3, -0.25) is 4.79 Å². The van der Waals surface area contributed by atoms with E-state index in [0.717, 1.165) is 0 Å². The topological polar surface area (TPSA) is 72.9 Å². The Morgan fingerprint density at radius 2 is 2.12 bits per heavy atom. The predicted octanol–water partition coefficient (Wildman–Crippen LogP) is 3.39. The molecule has 3 N–H and O–H groups in total. The summed E-state index contributed by atoms with van der Waals surface area (Å²) in [6.45, 7) is 2.14. The third-order valence-corrected chi connectivity index (χ3v) is 3.69. The molecule has 0 saturated heterocycles. The average molecular weight is 393 g/mol. The molecule has 0 fully saturated rings. The maximum absolute atomic E-state index is 13.2. The van der Waals surface area contributed by atoms with Gasteiger partial charge in [0.05, 0.1) is 36.2 Å². The number of carbonyl (C=O) groups is 1. The van der Waals surface area contributed by atoms with Gasteiger partial charge >= 0.3 is 0 Å². The van der Waals surface area contributed by atoms with E-state index in [9.17, 15) is 13.6 Å². The SMILES string of the molecule is CC(C)c1c(C(=O)NCC(F)(F)CN)cnn1-c1cccc(Cl)c1.Cl. The van der Waals surface area contributed by atoms with E-state index < -0.39 is 24.9 Å². The van der Waals surface area contributed by atoms with Crippen LogP contribution in [0.1, 0.15) is 35.8 Å². The standard InChI is InChI=1S/C16H19ClF2N4O.ClH/c1-10(2)14-13(15(24)21-9-16(18,19)8-20)7-22-23(14)12-5-3-4-11(17)6-12;/h3-7,10H,8-9,20H2,1-2H3,(H,21,24);1H. The van der Waals surface area contributed by atoms with Crippen molar-refractivity contribution in [1.29, 1.82) is 0 Å². The smallest absolute Gasteiger partial charge is 0.277 e. The molecule has 1 aromatic carbocycles. The minimum Gasteiger partial charge on any atom is -0.346 e. The molecule has 0 spiro atoms. The normalized spacial score (nSPS) is 11.3. The second-order valence-electron chi connectivity index (χ2n) is 5.73. The Labute approximate surface area is 155 Å². The first-order valence-electron chi connectivity index (χ1n) is 7.45. The van der Waals surface area contributed by atoms with E-state index in [4.69, 9.17) is 17.3 Å². The fourth-order valence-electron chi connectivity index (χ4n) is 2.28. The number of hydrogen-bond donors (Lipinski definition) is 2. The molecule has 1 heterocycles. The van der Waals surface area contributed by atoms with Crippen molar-refractivity contribution < 1.29 is 13.6 Å². The summed E-state index contributed by atoms with van der Waals surface area (Å²) in [5.74, 6) is -3.81. The van der Waals surface area contributed by atoms with Crippen molar-refractivity contribution in [2.24, 2.45) is 5.73 Å². The summed E-state index contributed by atoms with van der Waals surface area (Å²) in [6.07, 6.45) is 1.37. The molecule has 0 unspecified atom stereocenters. The van der Waals surface area contributed by atoms with Gasteiger partial charge in [0.2, 0.25) is 0 Å². The highest BCUT2D eigenvalue weighted by molar-refractivity contribution is 6.30. The Hall–Kier alpha value is -1.70. The molecule has 9 heteroatoms. The van der Waals surface area contributed by atoms with Crippen LogP contribution in [0, 0.1) is 0 Å². The molecule has 1 aromatic heterocycles. The van der Waals surface area contributed by atoms with Crippen LogP contribution in [-0.2, 0) is 0 Å². The lowest BCUT2D eigenvalue weighted by Crippen LogP contribution is -2.41. The highest BCUT2D eigenvalue weighted by Gasteiger charge is 2.29. The second kappa shape index (κ2) is 8.60. The molecule has 0 aliphatic heterocycles. The number of rotatable bonds is 6. The average Bonchev–Trinajstić information content (AvgIpc) is 2.98. The van der Waals surface area contributed by atoms with Gasteiger partial charge in [0.1, 0.15) is 0 Å². The van der Waals surface area contributed by atoms with Gasteiger partial charge in [0, 0.05) is 5.02 Å². The van der Waals surface area contributed by atoms with Crippen LogP contribution in [0.5, 0.6) is 0 Å². The highest BCUT2D eigenvalue weighted by Crippen LogP contribution is 2.24. The summed E-state index contributed by atoms with van der Waals surface area (Å²) in [5, 5.41) is 6.97. The lowest BCUT2D eigenvalue weighted by molar-refractivity contribution is 0.0118. The Bertz CT molecular complexity index is 735. The predicted molar refractivity (Wildman–Crippen MR) is 96.2 cm³/mol. The molecule has 1 amide bonds. The van der Waals surface area contributed by atoms with E-state index in [1.165, 1.54) is 6.20 Å². The Morgan fingerprint density at radius 3 is 2.68 bits per heavy atom. The Morgan fingerprint density at radius 1 is 1.44 bits per heavy atom. The van der Waals surface area contributed by atoms with Crippen molar-refractivity contribution in [1.82, 2.24) is 15.1 Å². The zero-order chi connectivity index (χ0) is 17.9. The number of halogens is 4. The number of amides is 1. The summed E-state index contributed by atoms with van der Waals surface area (Å²) < 4.78 is 28.0. The maximum atomic E-state index is 13.2. The van der Waals surface area contributed by atoms with Gasteiger partial charge < -0.3 is 11.1 Å². The van der Waals surface area contributed by atoms with Crippen molar-refractivity contribution >= 4 is 29.9 Å². The van der Waals surface area contributed by atoms with E-state index in [1.807, 2.05) is 13.8 Å². The lowest BCUT2D eigenvalue weighted by Gasteiger charge is -2.16. The molecule has 0 aliphatic carbocycles. The number of benzene rings is 1. The van der Waals surface area contributed by atoms with Crippen LogP contribution in [0.15, 0.2) is 30.5 Å². The van der Waals surface area contributed by atoms with Crippen molar-refractivity contribution in [3.63, 3.8) is 0 Å². The van der Waals surface area contributed by atoms with Crippen LogP contribution in [0.3, 0.4) is 0 Å². The molecule has 25 heavy (non-hydrogen) atoms.